The molecule has 0 amide bonds. The quantitative estimate of drug-likeness (QED) is 0.895. The van der Waals surface area contributed by atoms with Gasteiger partial charge in [-0.05, 0) is 30.5 Å². The number of methoxy groups -OCH3 is 1. The lowest BCUT2D eigenvalue weighted by atomic mass is 9.73. The summed E-state index contributed by atoms with van der Waals surface area (Å²) in [6.07, 6.45) is 3.76. The van der Waals surface area contributed by atoms with Crippen molar-refractivity contribution in [1.82, 2.24) is 0 Å². The second kappa shape index (κ2) is 6.02. The van der Waals surface area contributed by atoms with E-state index in [1.54, 1.807) is 18.2 Å². The number of rotatable bonds is 4. The maximum atomic E-state index is 11.6. The molecule has 4 nitrogen and oxygen atoms in total. The molecule has 1 atom stereocenters. The van der Waals surface area contributed by atoms with Gasteiger partial charge in [0.1, 0.15) is 11.7 Å². The molecule has 1 saturated carbocycles. The summed E-state index contributed by atoms with van der Waals surface area (Å²) in [7, 11) is 1.50. The normalized spacial score (nSPS) is 19.4. The molecule has 1 fully saturated rings. The molecule has 1 aliphatic carbocycles. The number of carboxylic acids is 1. The Labute approximate surface area is 123 Å². The highest BCUT2D eigenvalue weighted by Crippen LogP contribution is 2.41. The summed E-state index contributed by atoms with van der Waals surface area (Å²) >= 11 is 6.06. The van der Waals surface area contributed by atoms with Crippen LogP contribution >= 0.6 is 11.6 Å². The Bertz CT molecular complexity index is 495. The molecule has 0 aliphatic heterocycles. The molecule has 5 heteroatoms. The van der Waals surface area contributed by atoms with Gasteiger partial charge in [0.25, 0.3) is 0 Å². The van der Waals surface area contributed by atoms with Gasteiger partial charge in [-0.25, -0.2) is 0 Å². The molecular formula is C15H19ClO4. The lowest BCUT2D eigenvalue weighted by Gasteiger charge is -2.37. The van der Waals surface area contributed by atoms with Gasteiger partial charge in [-0.3, -0.25) is 4.79 Å². The maximum Gasteiger partial charge on any atom is 0.313 e. The van der Waals surface area contributed by atoms with Crippen LogP contribution in [-0.2, 0) is 4.79 Å². The fourth-order valence-corrected chi connectivity index (χ4v) is 3.26. The number of aliphatic carboxylic acids is 1. The summed E-state index contributed by atoms with van der Waals surface area (Å²) in [6.45, 7) is 0. The van der Waals surface area contributed by atoms with Crippen LogP contribution in [0.3, 0.4) is 0 Å². The Kier molecular flexibility index (Phi) is 4.55. The highest BCUT2D eigenvalue weighted by Gasteiger charge is 2.43. The Morgan fingerprint density at radius 1 is 1.35 bits per heavy atom. The Morgan fingerprint density at radius 3 is 2.50 bits per heavy atom. The van der Waals surface area contributed by atoms with Crippen molar-refractivity contribution in [3.05, 3.63) is 28.8 Å². The van der Waals surface area contributed by atoms with E-state index >= 15 is 0 Å². The molecule has 0 heterocycles. The van der Waals surface area contributed by atoms with E-state index in [2.05, 4.69) is 0 Å². The van der Waals surface area contributed by atoms with Crippen LogP contribution in [0.2, 0.25) is 5.02 Å². The molecule has 0 unspecified atom stereocenters. The third kappa shape index (κ3) is 2.91. The van der Waals surface area contributed by atoms with Crippen molar-refractivity contribution in [2.24, 2.45) is 0 Å². The van der Waals surface area contributed by atoms with Gasteiger partial charge >= 0.3 is 5.97 Å². The molecular weight excluding hydrogens is 280 g/mol. The van der Waals surface area contributed by atoms with Crippen molar-refractivity contribution < 1.29 is 19.7 Å². The molecule has 2 N–H and O–H groups in total. The third-order valence-corrected chi connectivity index (χ3v) is 4.31. The largest absolute Gasteiger partial charge is 0.495 e. The highest BCUT2D eigenvalue weighted by molar-refractivity contribution is 6.32. The van der Waals surface area contributed by atoms with Gasteiger partial charge in [0.05, 0.1) is 17.7 Å². The van der Waals surface area contributed by atoms with E-state index in [1.807, 2.05) is 0 Å². The molecule has 0 radical (unpaired) electrons. The molecule has 0 bridgehead atoms. The number of halogens is 1. The van der Waals surface area contributed by atoms with Crippen LogP contribution in [0.4, 0.5) is 0 Å². The predicted octanol–water partition coefficient (Wildman–Crippen LogP) is 3.21. The van der Waals surface area contributed by atoms with E-state index in [9.17, 15) is 15.0 Å². The minimum atomic E-state index is -1.19. The molecule has 0 aromatic heterocycles. The first kappa shape index (κ1) is 15.1. The SMILES string of the molecule is COc1ccc([C@H](C(=O)O)C2(O)CCCCC2)cc1Cl. The zero-order valence-electron chi connectivity index (χ0n) is 11.4. The first-order valence-electron chi connectivity index (χ1n) is 6.76. The van der Waals surface area contributed by atoms with E-state index in [1.165, 1.54) is 7.11 Å². The lowest BCUT2D eigenvalue weighted by molar-refractivity contribution is -0.147. The van der Waals surface area contributed by atoms with Gasteiger partial charge in [0, 0.05) is 0 Å². The summed E-state index contributed by atoms with van der Waals surface area (Å²) in [5, 5.41) is 20.6. The number of benzene rings is 1. The van der Waals surface area contributed by atoms with Crippen LogP contribution < -0.4 is 4.74 Å². The van der Waals surface area contributed by atoms with E-state index < -0.39 is 17.5 Å². The fourth-order valence-electron chi connectivity index (χ4n) is 3.00. The van der Waals surface area contributed by atoms with Gasteiger partial charge in [-0.15, -0.1) is 0 Å². The summed E-state index contributed by atoms with van der Waals surface area (Å²) in [4.78, 5) is 11.6. The molecule has 1 aromatic carbocycles. The predicted molar refractivity (Wildman–Crippen MR) is 76.4 cm³/mol. The molecule has 1 aliphatic rings. The topological polar surface area (TPSA) is 66.8 Å². The zero-order valence-corrected chi connectivity index (χ0v) is 12.2. The summed E-state index contributed by atoms with van der Waals surface area (Å²) in [5.41, 5.74) is -0.671. The minimum Gasteiger partial charge on any atom is -0.495 e. The van der Waals surface area contributed by atoms with Gasteiger partial charge in [0.15, 0.2) is 0 Å². The second-order valence-corrected chi connectivity index (χ2v) is 5.74. The molecule has 2 rings (SSSR count). The smallest absolute Gasteiger partial charge is 0.313 e. The average Bonchev–Trinajstić information content (AvgIpc) is 2.39. The van der Waals surface area contributed by atoms with Crippen LogP contribution in [-0.4, -0.2) is 28.9 Å². The van der Waals surface area contributed by atoms with E-state index in [-0.39, 0.29) is 0 Å². The van der Waals surface area contributed by atoms with E-state index in [4.69, 9.17) is 16.3 Å². The molecule has 1 aromatic rings. The summed E-state index contributed by atoms with van der Waals surface area (Å²) in [5.74, 6) is -1.47. The average molecular weight is 299 g/mol. The Morgan fingerprint density at radius 2 is 2.00 bits per heavy atom. The molecule has 0 saturated heterocycles. The van der Waals surface area contributed by atoms with Crippen molar-refractivity contribution in [2.45, 2.75) is 43.6 Å². The number of ether oxygens (including phenoxy) is 1. The van der Waals surface area contributed by atoms with Crippen molar-refractivity contribution >= 4 is 17.6 Å². The van der Waals surface area contributed by atoms with Crippen LogP contribution in [0.1, 0.15) is 43.6 Å². The van der Waals surface area contributed by atoms with Gasteiger partial charge in [-0.1, -0.05) is 36.9 Å². The van der Waals surface area contributed by atoms with E-state index in [0.717, 1.165) is 19.3 Å². The van der Waals surface area contributed by atoms with Gasteiger partial charge in [-0.2, -0.15) is 0 Å². The van der Waals surface area contributed by atoms with Crippen LogP contribution in [0.5, 0.6) is 5.75 Å². The standard InChI is InChI=1S/C15H19ClO4/c1-20-12-6-5-10(9-11(12)16)13(14(17)18)15(19)7-3-2-4-8-15/h5-6,9,13,19H,2-4,7-8H2,1H3,(H,17,18)/t13-/m1/s1. The number of hydrogen-bond acceptors (Lipinski definition) is 3. The minimum absolute atomic E-state index is 0.357. The van der Waals surface area contributed by atoms with E-state index in [0.29, 0.717) is 29.2 Å². The number of hydrogen-bond donors (Lipinski definition) is 2. The molecule has 110 valence electrons. The van der Waals surface area contributed by atoms with Gasteiger partial charge in [0.2, 0.25) is 0 Å². The van der Waals surface area contributed by atoms with Crippen molar-refractivity contribution in [3.8, 4) is 5.75 Å². The molecule has 20 heavy (non-hydrogen) atoms. The van der Waals surface area contributed by atoms with Crippen molar-refractivity contribution in [3.63, 3.8) is 0 Å². The van der Waals surface area contributed by atoms with Crippen LogP contribution in [0, 0.1) is 0 Å². The summed E-state index contributed by atoms with van der Waals surface area (Å²) < 4.78 is 5.07. The maximum absolute atomic E-state index is 11.6. The van der Waals surface area contributed by atoms with Crippen molar-refractivity contribution in [2.75, 3.05) is 7.11 Å². The number of carbonyl (C=O) groups is 1. The lowest BCUT2D eigenvalue weighted by Crippen LogP contribution is -2.42. The Balaban J connectivity index is 2.38. The highest BCUT2D eigenvalue weighted by atomic mass is 35.5. The monoisotopic (exact) mass is 298 g/mol. The Hall–Kier alpha value is -1.26. The zero-order chi connectivity index (χ0) is 14.8. The number of carboxylic acid groups (broad SMARTS) is 1. The van der Waals surface area contributed by atoms with Gasteiger partial charge < -0.3 is 14.9 Å². The second-order valence-electron chi connectivity index (χ2n) is 5.33. The van der Waals surface area contributed by atoms with Crippen molar-refractivity contribution in [1.29, 1.82) is 0 Å². The third-order valence-electron chi connectivity index (χ3n) is 4.01. The number of aliphatic hydroxyl groups is 1. The molecule has 0 spiro atoms. The first-order valence-corrected chi connectivity index (χ1v) is 7.14. The fraction of sp³-hybridized carbons (Fsp3) is 0.533. The van der Waals surface area contributed by atoms with Crippen LogP contribution in [0.15, 0.2) is 18.2 Å². The first-order chi connectivity index (χ1) is 9.48. The van der Waals surface area contributed by atoms with Crippen LogP contribution in [0.25, 0.3) is 0 Å². The summed E-state index contributed by atoms with van der Waals surface area (Å²) in [6, 6.07) is 4.88.